The number of rotatable bonds is 10. The van der Waals surface area contributed by atoms with Gasteiger partial charge in [0.1, 0.15) is 11.2 Å². The van der Waals surface area contributed by atoms with Gasteiger partial charge in [0.25, 0.3) is 0 Å². The van der Waals surface area contributed by atoms with Crippen LogP contribution in [0.2, 0.25) is 0 Å². The Morgan fingerprint density at radius 3 is 1.31 bits per heavy atom. The molecule has 0 radical (unpaired) electrons. The van der Waals surface area contributed by atoms with Crippen LogP contribution in [0.3, 0.4) is 0 Å². The first-order valence-electron chi connectivity index (χ1n) is 8.65. The van der Waals surface area contributed by atoms with E-state index in [1.807, 2.05) is 52.0 Å². The molecule has 26 heavy (non-hydrogen) atoms. The highest BCUT2D eigenvalue weighted by molar-refractivity contribution is 5.70. The maximum absolute atomic E-state index is 11.9. The summed E-state index contributed by atoms with van der Waals surface area (Å²) in [6.07, 6.45) is 0.422. The summed E-state index contributed by atoms with van der Waals surface area (Å²) in [5.41, 5.74) is 0.188. The number of hydrogen-bond donors (Lipinski definition) is 0. The van der Waals surface area contributed by atoms with Crippen LogP contribution in [0.5, 0.6) is 0 Å². The van der Waals surface area contributed by atoms with Gasteiger partial charge < -0.3 is 18.9 Å². The van der Waals surface area contributed by atoms with E-state index in [1.54, 1.807) is 14.2 Å². The number of ether oxygens (including phenoxy) is 4. The smallest absolute Gasteiger partial charge is 0.308 e. The van der Waals surface area contributed by atoms with Gasteiger partial charge in [-0.1, -0.05) is 24.3 Å². The first-order valence-corrected chi connectivity index (χ1v) is 8.65. The van der Waals surface area contributed by atoms with Crippen molar-refractivity contribution in [2.75, 3.05) is 27.4 Å². The summed E-state index contributed by atoms with van der Waals surface area (Å²) in [6.45, 7) is 8.00. The Bertz CT molecular complexity index is 536. The molecule has 0 bridgehead atoms. The van der Waals surface area contributed by atoms with E-state index >= 15 is 0 Å². The molecule has 0 heterocycles. The summed E-state index contributed by atoms with van der Waals surface area (Å²) in [7, 11) is 3.09. The van der Waals surface area contributed by atoms with Gasteiger partial charge in [0.2, 0.25) is 0 Å². The Balaban J connectivity index is 2.79. The zero-order valence-corrected chi connectivity index (χ0v) is 16.6. The molecule has 1 rings (SSSR count). The van der Waals surface area contributed by atoms with Crippen molar-refractivity contribution in [2.45, 2.75) is 51.7 Å². The van der Waals surface area contributed by atoms with Crippen LogP contribution in [0, 0.1) is 0 Å². The molecule has 0 saturated carbocycles. The predicted octanol–water partition coefficient (Wildman–Crippen LogP) is 3.32. The minimum absolute atomic E-state index is 0.211. The topological polar surface area (TPSA) is 71.1 Å². The van der Waals surface area contributed by atoms with Crippen molar-refractivity contribution in [1.29, 1.82) is 0 Å². The van der Waals surface area contributed by atoms with Gasteiger partial charge in [-0.25, -0.2) is 0 Å². The normalized spacial score (nSPS) is 11.9. The second-order valence-electron chi connectivity index (χ2n) is 7.03. The summed E-state index contributed by atoms with van der Waals surface area (Å²) < 4.78 is 20.9. The molecule has 1 aromatic carbocycles. The van der Waals surface area contributed by atoms with E-state index in [-0.39, 0.29) is 24.8 Å². The van der Waals surface area contributed by atoms with Crippen molar-refractivity contribution in [3.05, 3.63) is 35.4 Å². The fourth-order valence-electron chi connectivity index (χ4n) is 2.43. The average Bonchev–Trinajstić information content (AvgIpc) is 2.57. The Labute approximate surface area is 155 Å². The van der Waals surface area contributed by atoms with Gasteiger partial charge in [0.15, 0.2) is 0 Å². The molecule has 0 aliphatic heterocycles. The van der Waals surface area contributed by atoms with Crippen LogP contribution in [0.1, 0.15) is 51.7 Å². The summed E-state index contributed by atoms with van der Waals surface area (Å²) in [5.74, 6) is -0.623. The second kappa shape index (κ2) is 9.69. The van der Waals surface area contributed by atoms with Crippen molar-refractivity contribution in [3.63, 3.8) is 0 Å². The lowest BCUT2D eigenvalue weighted by atomic mass is 9.92. The summed E-state index contributed by atoms with van der Waals surface area (Å²) >= 11 is 0. The van der Waals surface area contributed by atoms with Crippen LogP contribution in [0.15, 0.2) is 24.3 Å². The third-order valence-electron chi connectivity index (χ3n) is 4.03. The summed E-state index contributed by atoms with van der Waals surface area (Å²) in [4.78, 5) is 23.7. The second-order valence-corrected chi connectivity index (χ2v) is 7.03. The van der Waals surface area contributed by atoms with Crippen LogP contribution in [0.4, 0.5) is 0 Å². The van der Waals surface area contributed by atoms with Crippen molar-refractivity contribution in [3.8, 4) is 0 Å². The van der Waals surface area contributed by atoms with Crippen LogP contribution >= 0.6 is 0 Å². The van der Waals surface area contributed by atoms with Crippen LogP contribution in [-0.2, 0) is 39.7 Å². The highest BCUT2D eigenvalue weighted by Gasteiger charge is 2.28. The minimum Gasteiger partial charge on any atom is -0.455 e. The number of methoxy groups -OCH3 is 2. The fourth-order valence-corrected chi connectivity index (χ4v) is 2.43. The number of carbonyl (C=O) groups is 2. The maximum atomic E-state index is 11.9. The zero-order chi connectivity index (χ0) is 19.8. The Hall–Kier alpha value is -1.92. The van der Waals surface area contributed by atoms with Gasteiger partial charge in [-0.05, 0) is 38.8 Å². The number of hydrogen-bond acceptors (Lipinski definition) is 6. The van der Waals surface area contributed by atoms with E-state index < -0.39 is 11.2 Å². The molecule has 0 fully saturated rings. The summed E-state index contributed by atoms with van der Waals surface area (Å²) in [5, 5.41) is 0. The van der Waals surface area contributed by atoms with Crippen LogP contribution in [-0.4, -0.2) is 39.4 Å². The van der Waals surface area contributed by atoms with Gasteiger partial charge in [-0.2, -0.15) is 0 Å². The molecule has 0 aliphatic carbocycles. The predicted molar refractivity (Wildman–Crippen MR) is 97.7 cm³/mol. The lowest BCUT2D eigenvalue weighted by Crippen LogP contribution is -2.28. The minimum atomic E-state index is -0.761. The Kier molecular flexibility index (Phi) is 8.24. The van der Waals surface area contributed by atoms with E-state index in [9.17, 15) is 9.59 Å². The van der Waals surface area contributed by atoms with E-state index in [1.165, 1.54) is 0 Å². The molecular weight excluding hydrogens is 336 g/mol. The molecule has 0 saturated heterocycles. The van der Waals surface area contributed by atoms with E-state index in [0.717, 1.165) is 11.1 Å². The summed E-state index contributed by atoms with van der Waals surface area (Å²) in [6, 6.07) is 7.51. The van der Waals surface area contributed by atoms with E-state index in [0.29, 0.717) is 13.2 Å². The fraction of sp³-hybridized carbons (Fsp3) is 0.600. The Morgan fingerprint density at radius 2 is 1.04 bits per heavy atom. The Morgan fingerprint density at radius 1 is 0.731 bits per heavy atom. The van der Waals surface area contributed by atoms with Gasteiger partial charge in [-0.3, -0.25) is 9.59 Å². The average molecular weight is 366 g/mol. The van der Waals surface area contributed by atoms with Crippen LogP contribution in [0.25, 0.3) is 0 Å². The number of esters is 2. The number of benzene rings is 1. The van der Waals surface area contributed by atoms with Crippen LogP contribution < -0.4 is 0 Å². The molecule has 0 amide bonds. The van der Waals surface area contributed by atoms with Gasteiger partial charge in [-0.15, -0.1) is 0 Å². The largest absolute Gasteiger partial charge is 0.455 e. The van der Waals surface area contributed by atoms with Gasteiger partial charge >= 0.3 is 11.9 Å². The van der Waals surface area contributed by atoms with Gasteiger partial charge in [0, 0.05) is 14.2 Å². The molecule has 0 atom stereocenters. The standard InChI is InChI=1S/C20H30O6/c1-19(2,25-17(21)11-13-23-5)15-7-9-16(10-8-15)20(3,4)26-18(22)12-14-24-6/h7-10H,11-14H2,1-6H3. The molecule has 146 valence electrons. The molecule has 0 spiro atoms. The van der Waals surface area contributed by atoms with E-state index in [4.69, 9.17) is 18.9 Å². The first kappa shape index (κ1) is 22.1. The van der Waals surface area contributed by atoms with Crippen molar-refractivity contribution < 1.29 is 28.5 Å². The molecule has 0 unspecified atom stereocenters. The number of carbonyl (C=O) groups excluding carboxylic acids is 2. The molecule has 0 aromatic heterocycles. The maximum Gasteiger partial charge on any atom is 0.308 e. The highest BCUT2D eigenvalue weighted by Crippen LogP contribution is 2.30. The lowest BCUT2D eigenvalue weighted by Gasteiger charge is -2.28. The molecule has 0 N–H and O–H groups in total. The molecule has 6 nitrogen and oxygen atoms in total. The van der Waals surface area contributed by atoms with Crippen molar-refractivity contribution >= 4 is 11.9 Å². The SMILES string of the molecule is COCCC(=O)OC(C)(C)c1ccc(C(C)(C)OC(=O)CCOC)cc1. The van der Waals surface area contributed by atoms with Crippen molar-refractivity contribution in [1.82, 2.24) is 0 Å². The van der Waals surface area contributed by atoms with Crippen molar-refractivity contribution in [2.24, 2.45) is 0 Å². The van der Waals surface area contributed by atoms with E-state index in [2.05, 4.69) is 0 Å². The molecule has 0 aliphatic rings. The molecule has 1 aromatic rings. The third-order valence-corrected chi connectivity index (χ3v) is 4.03. The lowest BCUT2D eigenvalue weighted by molar-refractivity contribution is -0.159. The highest BCUT2D eigenvalue weighted by atomic mass is 16.6. The first-order chi connectivity index (χ1) is 12.1. The quantitative estimate of drug-likeness (QED) is 0.592. The third kappa shape index (κ3) is 6.77. The molecular formula is C20H30O6. The zero-order valence-electron chi connectivity index (χ0n) is 16.6. The molecule has 6 heteroatoms. The monoisotopic (exact) mass is 366 g/mol. The van der Waals surface area contributed by atoms with Gasteiger partial charge in [0.05, 0.1) is 26.1 Å².